The van der Waals surface area contributed by atoms with Gasteiger partial charge in [0.05, 0.1) is 0 Å². The van der Waals surface area contributed by atoms with Crippen molar-refractivity contribution in [1.29, 1.82) is 0 Å². The van der Waals surface area contributed by atoms with Gasteiger partial charge in [-0.15, -0.1) is 0 Å². The standard InChI is InChI=1S/C7H13IN2/c8-10-4-1-6(5-10)7(9)2-3-7/h6H,1-5,9H2. The highest BCUT2D eigenvalue weighted by atomic mass is 127. The van der Waals surface area contributed by atoms with E-state index in [0.717, 1.165) is 5.92 Å². The Morgan fingerprint density at radius 3 is 2.60 bits per heavy atom. The Balaban J connectivity index is 1.95. The normalized spacial score (nSPS) is 38.4. The third-order valence-corrected chi connectivity index (χ3v) is 3.66. The van der Waals surface area contributed by atoms with E-state index in [9.17, 15) is 0 Å². The smallest absolute Gasteiger partial charge is 0.0201 e. The summed E-state index contributed by atoms with van der Waals surface area (Å²) in [7, 11) is 0. The molecule has 1 saturated carbocycles. The van der Waals surface area contributed by atoms with E-state index in [1.807, 2.05) is 0 Å². The fourth-order valence-corrected chi connectivity index (χ4v) is 2.49. The molecule has 0 bridgehead atoms. The molecule has 0 amide bonds. The molecule has 0 aromatic rings. The van der Waals surface area contributed by atoms with E-state index >= 15 is 0 Å². The predicted octanol–water partition coefficient (Wildman–Crippen LogP) is 1.15. The summed E-state index contributed by atoms with van der Waals surface area (Å²) in [6.07, 6.45) is 3.85. The summed E-state index contributed by atoms with van der Waals surface area (Å²) in [6.45, 7) is 2.46. The maximum Gasteiger partial charge on any atom is 0.0201 e. The SMILES string of the molecule is NC1(C2CCN(I)C2)CC1. The summed E-state index contributed by atoms with van der Waals surface area (Å²) in [6, 6.07) is 0. The lowest BCUT2D eigenvalue weighted by molar-refractivity contribution is 0.425. The van der Waals surface area contributed by atoms with Gasteiger partial charge < -0.3 is 5.73 Å². The van der Waals surface area contributed by atoms with Crippen molar-refractivity contribution in [2.45, 2.75) is 24.8 Å². The first-order valence-electron chi connectivity index (χ1n) is 3.90. The van der Waals surface area contributed by atoms with E-state index in [1.165, 1.54) is 32.4 Å². The lowest BCUT2D eigenvalue weighted by atomic mass is 9.98. The summed E-state index contributed by atoms with van der Waals surface area (Å²) in [4.78, 5) is 0. The molecule has 58 valence electrons. The first-order chi connectivity index (χ1) is 4.71. The van der Waals surface area contributed by atoms with Gasteiger partial charge in [-0.3, -0.25) is 0 Å². The van der Waals surface area contributed by atoms with Crippen molar-refractivity contribution < 1.29 is 0 Å². The fourth-order valence-electron chi connectivity index (χ4n) is 1.74. The van der Waals surface area contributed by atoms with E-state index in [2.05, 4.69) is 26.0 Å². The summed E-state index contributed by atoms with van der Waals surface area (Å²) in [5.74, 6) is 0.796. The van der Waals surface area contributed by atoms with Gasteiger partial charge >= 0.3 is 0 Å². The highest BCUT2D eigenvalue weighted by Gasteiger charge is 2.47. The summed E-state index contributed by atoms with van der Waals surface area (Å²) in [5.41, 5.74) is 6.35. The van der Waals surface area contributed by atoms with Crippen molar-refractivity contribution >= 4 is 22.9 Å². The van der Waals surface area contributed by atoms with Gasteiger partial charge in [0.2, 0.25) is 0 Å². The van der Waals surface area contributed by atoms with E-state index in [1.54, 1.807) is 0 Å². The van der Waals surface area contributed by atoms with Gasteiger partial charge in [0.1, 0.15) is 0 Å². The number of hydrogen-bond donors (Lipinski definition) is 1. The maximum atomic E-state index is 6.08. The minimum atomic E-state index is 0.264. The number of hydrogen-bond acceptors (Lipinski definition) is 2. The number of rotatable bonds is 1. The zero-order chi connectivity index (χ0) is 7.19. The van der Waals surface area contributed by atoms with Crippen molar-refractivity contribution in [3.05, 3.63) is 0 Å². The van der Waals surface area contributed by atoms with E-state index < -0.39 is 0 Å². The van der Waals surface area contributed by atoms with Crippen LogP contribution < -0.4 is 5.73 Å². The summed E-state index contributed by atoms with van der Waals surface area (Å²) < 4.78 is 2.36. The zero-order valence-electron chi connectivity index (χ0n) is 6.02. The van der Waals surface area contributed by atoms with Crippen LogP contribution in [0.2, 0.25) is 0 Å². The van der Waals surface area contributed by atoms with E-state index in [0.29, 0.717) is 0 Å². The van der Waals surface area contributed by atoms with Gasteiger partial charge in [0.15, 0.2) is 0 Å². The van der Waals surface area contributed by atoms with Gasteiger partial charge in [0.25, 0.3) is 0 Å². The van der Waals surface area contributed by atoms with Crippen LogP contribution in [-0.4, -0.2) is 21.7 Å². The van der Waals surface area contributed by atoms with Gasteiger partial charge in [-0.1, -0.05) is 0 Å². The third kappa shape index (κ3) is 1.19. The Morgan fingerprint density at radius 1 is 1.50 bits per heavy atom. The Kier molecular flexibility index (Phi) is 1.69. The predicted molar refractivity (Wildman–Crippen MR) is 49.9 cm³/mol. The number of nitrogens with zero attached hydrogens (tertiary/aromatic N) is 1. The average molecular weight is 252 g/mol. The number of nitrogens with two attached hydrogens (primary N) is 1. The molecule has 2 nitrogen and oxygen atoms in total. The third-order valence-electron chi connectivity index (χ3n) is 2.78. The van der Waals surface area contributed by atoms with Crippen LogP contribution in [-0.2, 0) is 0 Å². The van der Waals surface area contributed by atoms with Crippen LogP contribution in [0.3, 0.4) is 0 Å². The molecular weight excluding hydrogens is 239 g/mol. The molecule has 0 radical (unpaired) electrons. The maximum absolute atomic E-state index is 6.08. The lowest BCUT2D eigenvalue weighted by Gasteiger charge is -2.16. The fraction of sp³-hybridized carbons (Fsp3) is 1.00. The highest BCUT2D eigenvalue weighted by Crippen LogP contribution is 2.44. The molecule has 2 aliphatic rings. The molecule has 2 fully saturated rings. The van der Waals surface area contributed by atoms with Crippen LogP contribution in [0, 0.1) is 5.92 Å². The van der Waals surface area contributed by atoms with Crippen LogP contribution in [0.15, 0.2) is 0 Å². The molecule has 1 aliphatic heterocycles. The first kappa shape index (κ1) is 7.31. The monoisotopic (exact) mass is 252 g/mol. The van der Waals surface area contributed by atoms with E-state index in [-0.39, 0.29) is 5.54 Å². The topological polar surface area (TPSA) is 29.3 Å². The van der Waals surface area contributed by atoms with Crippen molar-refractivity contribution in [3.8, 4) is 0 Å². The molecule has 1 aliphatic carbocycles. The quantitative estimate of drug-likeness (QED) is 0.560. The summed E-state index contributed by atoms with van der Waals surface area (Å²) in [5, 5.41) is 0. The Hall–Kier alpha value is 0.650. The van der Waals surface area contributed by atoms with Crippen LogP contribution in [0.5, 0.6) is 0 Å². The average Bonchev–Trinajstić information content (AvgIpc) is 2.45. The van der Waals surface area contributed by atoms with Crippen molar-refractivity contribution in [2.75, 3.05) is 13.1 Å². The molecule has 0 aromatic carbocycles. The first-order valence-corrected chi connectivity index (χ1v) is 4.87. The van der Waals surface area contributed by atoms with Crippen LogP contribution in [0.25, 0.3) is 0 Å². The summed E-state index contributed by atoms with van der Waals surface area (Å²) >= 11 is 2.39. The van der Waals surface area contributed by atoms with E-state index in [4.69, 9.17) is 5.73 Å². The zero-order valence-corrected chi connectivity index (χ0v) is 8.17. The van der Waals surface area contributed by atoms with Gasteiger partial charge in [0, 0.05) is 41.5 Å². The van der Waals surface area contributed by atoms with Crippen LogP contribution in [0.1, 0.15) is 19.3 Å². The molecule has 0 aromatic heterocycles. The lowest BCUT2D eigenvalue weighted by Crippen LogP contribution is -2.33. The van der Waals surface area contributed by atoms with Crippen molar-refractivity contribution in [2.24, 2.45) is 11.7 Å². The molecule has 2 N–H and O–H groups in total. The molecule has 1 atom stereocenters. The van der Waals surface area contributed by atoms with Crippen molar-refractivity contribution in [1.82, 2.24) is 3.11 Å². The van der Waals surface area contributed by atoms with Gasteiger partial charge in [-0.2, -0.15) is 0 Å². The van der Waals surface area contributed by atoms with Gasteiger partial charge in [-0.05, 0) is 25.2 Å². The molecule has 1 heterocycles. The molecule has 2 rings (SSSR count). The Labute approximate surface area is 75.6 Å². The van der Waals surface area contributed by atoms with Gasteiger partial charge in [-0.25, -0.2) is 3.11 Å². The molecule has 10 heavy (non-hydrogen) atoms. The molecular formula is C7H13IN2. The second-order valence-corrected chi connectivity index (χ2v) is 4.95. The second-order valence-electron chi connectivity index (χ2n) is 3.59. The molecule has 1 unspecified atom stereocenters. The van der Waals surface area contributed by atoms with Crippen LogP contribution >= 0.6 is 22.9 Å². The molecule has 0 spiro atoms. The largest absolute Gasteiger partial charge is 0.325 e. The Bertz CT molecular complexity index is 145. The second kappa shape index (κ2) is 2.32. The molecule has 3 heteroatoms. The van der Waals surface area contributed by atoms with Crippen molar-refractivity contribution in [3.63, 3.8) is 0 Å². The molecule has 1 saturated heterocycles. The van der Waals surface area contributed by atoms with Crippen LogP contribution in [0.4, 0.5) is 0 Å². The number of halogens is 1. The minimum absolute atomic E-state index is 0.264. The minimum Gasteiger partial charge on any atom is -0.325 e. The Morgan fingerprint density at radius 2 is 2.20 bits per heavy atom. The highest BCUT2D eigenvalue weighted by molar-refractivity contribution is 14.1.